The number of rotatable bonds is 4. The first kappa shape index (κ1) is 12.1. The normalized spacial score (nSPS) is 24.5. The smallest absolute Gasteiger partial charge is 0.0738 e. The highest BCUT2D eigenvalue weighted by Gasteiger charge is 2.31. The molecule has 90 valence electrons. The van der Waals surface area contributed by atoms with Gasteiger partial charge in [-0.1, -0.05) is 0 Å². The van der Waals surface area contributed by atoms with Crippen LogP contribution in [0.3, 0.4) is 0 Å². The van der Waals surface area contributed by atoms with Crippen molar-refractivity contribution in [2.75, 3.05) is 6.54 Å². The van der Waals surface area contributed by atoms with Crippen molar-refractivity contribution < 1.29 is 0 Å². The van der Waals surface area contributed by atoms with E-state index < -0.39 is 0 Å². The standard InChI is InChI=1S/C12H20BrN3/c1-3-16-11(12(13)8(2)15-16)6-9-4-5-10(9)7-14/h9-10H,3-7,14H2,1-2H3. The van der Waals surface area contributed by atoms with Crippen LogP contribution in [-0.4, -0.2) is 16.3 Å². The number of aryl methyl sites for hydroxylation is 2. The molecule has 1 aromatic heterocycles. The Bertz CT molecular complexity index is 371. The van der Waals surface area contributed by atoms with Gasteiger partial charge in [0.1, 0.15) is 0 Å². The van der Waals surface area contributed by atoms with Crippen molar-refractivity contribution in [3.05, 3.63) is 15.9 Å². The van der Waals surface area contributed by atoms with E-state index in [9.17, 15) is 0 Å². The van der Waals surface area contributed by atoms with Gasteiger partial charge in [0.15, 0.2) is 0 Å². The molecule has 0 aromatic carbocycles. The first-order chi connectivity index (χ1) is 7.67. The summed E-state index contributed by atoms with van der Waals surface area (Å²) in [6, 6.07) is 0. The molecule has 1 saturated carbocycles. The molecule has 2 rings (SSSR count). The fourth-order valence-corrected chi connectivity index (χ4v) is 2.98. The zero-order valence-electron chi connectivity index (χ0n) is 10.0. The van der Waals surface area contributed by atoms with E-state index in [1.807, 2.05) is 0 Å². The van der Waals surface area contributed by atoms with Gasteiger partial charge in [-0.3, -0.25) is 4.68 Å². The maximum absolute atomic E-state index is 5.76. The van der Waals surface area contributed by atoms with Crippen molar-refractivity contribution in [2.45, 2.75) is 39.7 Å². The monoisotopic (exact) mass is 285 g/mol. The molecule has 0 spiro atoms. The van der Waals surface area contributed by atoms with Crippen molar-refractivity contribution in [1.29, 1.82) is 0 Å². The van der Waals surface area contributed by atoms with Crippen LogP contribution >= 0.6 is 15.9 Å². The SMILES string of the molecule is CCn1nc(C)c(Br)c1CC1CCC1CN. The van der Waals surface area contributed by atoms with Gasteiger partial charge in [0.05, 0.1) is 15.9 Å². The average molecular weight is 286 g/mol. The third-order valence-electron chi connectivity index (χ3n) is 3.79. The molecule has 1 aliphatic rings. The highest BCUT2D eigenvalue weighted by Crippen LogP contribution is 2.37. The summed E-state index contributed by atoms with van der Waals surface area (Å²) < 4.78 is 3.31. The fourth-order valence-electron chi connectivity index (χ4n) is 2.53. The van der Waals surface area contributed by atoms with Crippen LogP contribution in [0.15, 0.2) is 4.47 Å². The van der Waals surface area contributed by atoms with Crippen molar-refractivity contribution in [3.63, 3.8) is 0 Å². The summed E-state index contributed by atoms with van der Waals surface area (Å²) in [5.74, 6) is 1.50. The van der Waals surface area contributed by atoms with E-state index in [4.69, 9.17) is 5.73 Å². The van der Waals surface area contributed by atoms with E-state index in [0.717, 1.165) is 37.0 Å². The van der Waals surface area contributed by atoms with Gasteiger partial charge in [0.2, 0.25) is 0 Å². The Hall–Kier alpha value is -0.350. The minimum absolute atomic E-state index is 0.729. The lowest BCUT2D eigenvalue weighted by molar-refractivity contribution is 0.179. The molecule has 2 N–H and O–H groups in total. The predicted octanol–water partition coefficient (Wildman–Crippen LogP) is 2.50. The van der Waals surface area contributed by atoms with Gasteiger partial charge in [-0.15, -0.1) is 0 Å². The number of hydrogen-bond donors (Lipinski definition) is 1. The van der Waals surface area contributed by atoms with Crippen LogP contribution in [0, 0.1) is 18.8 Å². The zero-order valence-corrected chi connectivity index (χ0v) is 11.6. The number of aromatic nitrogens is 2. The molecule has 0 saturated heterocycles. The van der Waals surface area contributed by atoms with Crippen LogP contribution in [-0.2, 0) is 13.0 Å². The van der Waals surface area contributed by atoms with Crippen LogP contribution in [0.5, 0.6) is 0 Å². The first-order valence-electron chi connectivity index (χ1n) is 6.09. The Morgan fingerprint density at radius 1 is 1.44 bits per heavy atom. The number of nitrogens with zero attached hydrogens (tertiary/aromatic N) is 2. The fraction of sp³-hybridized carbons (Fsp3) is 0.750. The molecule has 0 radical (unpaired) electrons. The van der Waals surface area contributed by atoms with E-state index in [1.54, 1.807) is 0 Å². The lowest BCUT2D eigenvalue weighted by Gasteiger charge is -2.36. The van der Waals surface area contributed by atoms with Gasteiger partial charge >= 0.3 is 0 Å². The Kier molecular flexibility index (Phi) is 3.70. The summed E-state index contributed by atoms with van der Waals surface area (Å²) in [7, 11) is 0. The Balaban J connectivity index is 2.14. The molecule has 3 nitrogen and oxygen atoms in total. The van der Waals surface area contributed by atoms with Crippen LogP contribution < -0.4 is 5.73 Å². The van der Waals surface area contributed by atoms with E-state index in [-0.39, 0.29) is 0 Å². The topological polar surface area (TPSA) is 43.8 Å². The summed E-state index contributed by atoms with van der Waals surface area (Å²) in [5.41, 5.74) is 8.21. The molecule has 0 bridgehead atoms. The van der Waals surface area contributed by atoms with Crippen molar-refractivity contribution >= 4 is 15.9 Å². The molecule has 0 aliphatic heterocycles. The molecule has 16 heavy (non-hydrogen) atoms. The van der Waals surface area contributed by atoms with Gasteiger partial charge in [-0.25, -0.2) is 0 Å². The first-order valence-corrected chi connectivity index (χ1v) is 6.88. The molecule has 1 aromatic rings. The second kappa shape index (κ2) is 4.88. The Morgan fingerprint density at radius 3 is 2.62 bits per heavy atom. The molecule has 2 unspecified atom stereocenters. The summed E-state index contributed by atoms with van der Waals surface area (Å²) in [4.78, 5) is 0. The maximum atomic E-state index is 5.76. The van der Waals surface area contributed by atoms with E-state index in [2.05, 4.69) is 39.6 Å². The molecule has 1 aliphatic carbocycles. The highest BCUT2D eigenvalue weighted by atomic mass is 79.9. The minimum atomic E-state index is 0.729. The molecular formula is C12H20BrN3. The van der Waals surface area contributed by atoms with Gasteiger partial charge in [-0.2, -0.15) is 5.10 Å². The summed E-state index contributed by atoms with van der Waals surface area (Å²) in [5, 5.41) is 4.53. The molecule has 2 atom stereocenters. The molecular weight excluding hydrogens is 266 g/mol. The van der Waals surface area contributed by atoms with Crippen LogP contribution in [0.25, 0.3) is 0 Å². The van der Waals surface area contributed by atoms with E-state index >= 15 is 0 Å². The zero-order chi connectivity index (χ0) is 11.7. The third-order valence-corrected chi connectivity index (χ3v) is 4.82. The predicted molar refractivity (Wildman–Crippen MR) is 69.3 cm³/mol. The van der Waals surface area contributed by atoms with Crippen LogP contribution in [0.4, 0.5) is 0 Å². The van der Waals surface area contributed by atoms with Gasteiger partial charge < -0.3 is 5.73 Å². The number of hydrogen-bond acceptors (Lipinski definition) is 2. The third kappa shape index (κ3) is 2.05. The summed E-state index contributed by atoms with van der Waals surface area (Å²) >= 11 is 3.65. The second-order valence-electron chi connectivity index (χ2n) is 4.70. The van der Waals surface area contributed by atoms with Crippen molar-refractivity contribution in [1.82, 2.24) is 9.78 Å². The van der Waals surface area contributed by atoms with Gasteiger partial charge in [0.25, 0.3) is 0 Å². The molecule has 1 heterocycles. The lowest BCUT2D eigenvalue weighted by Crippen LogP contribution is -2.34. The minimum Gasteiger partial charge on any atom is -0.330 e. The Morgan fingerprint density at radius 2 is 2.12 bits per heavy atom. The van der Waals surface area contributed by atoms with Crippen LogP contribution in [0.2, 0.25) is 0 Å². The van der Waals surface area contributed by atoms with Gasteiger partial charge in [0, 0.05) is 6.54 Å². The lowest BCUT2D eigenvalue weighted by atomic mass is 9.71. The van der Waals surface area contributed by atoms with Crippen molar-refractivity contribution in [3.8, 4) is 0 Å². The second-order valence-corrected chi connectivity index (χ2v) is 5.49. The number of nitrogens with two attached hydrogens (primary N) is 1. The quantitative estimate of drug-likeness (QED) is 0.924. The molecule has 1 fully saturated rings. The largest absolute Gasteiger partial charge is 0.330 e. The average Bonchev–Trinajstić information content (AvgIpc) is 2.51. The maximum Gasteiger partial charge on any atom is 0.0738 e. The van der Waals surface area contributed by atoms with Crippen molar-refractivity contribution in [2.24, 2.45) is 17.6 Å². The highest BCUT2D eigenvalue weighted by molar-refractivity contribution is 9.10. The summed E-state index contributed by atoms with van der Waals surface area (Å²) in [6.07, 6.45) is 3.75. The summed E-state index contributed by atoms with van der Waals surface area (Å²) in [6.45, 7) is 5.98. The van der Waals surface area contributed by atoms with E-state index in [0.29, 0.717) is 0 Å². The van der Waals surface area contributed by atoms with E-state index in [1.165, 1.54) is 23.0 Å². The molecule has 0 amide bonds. The number of halogens is 1. The Labute approximate surface area is 106 Å². The molecule has 4 heteroatoms. The van der Waals surface area contributed by atoms with Crippen LogP contribution in [0.1, 0.15) is 31.2 Å². The van der Waals surface area contributed by atoms with Gasteiger partial charge in [-0.05, 0) is 67.4 Å².